The first kappa shape index (κ1) is 16.5. The van der Waals surface area contributed by atoms with Crippen LogP contribution in [0.4, 0.5) is 4.39 Å². The predicted molar refractivity (Wildman–Crippen MR) is 88.2 cm³/mol. The predicted octanol–water partition coefficient (Wildman–Crippen LogP) is 5.41. The molecule has 1 nitrogen and oxygen atoms in total. The third-order valence-corrected chi connectivity index (χ3v) is 4.46. The van der Waals surface area contributed by atoms with E-state index in [2.05, 4.69) is 18.3 Å². The molecule has 2 rings (SSSR count). The molecule has 0 saturated heterocycles. The van der Waals surface area contributed by atoms with E-state index in [1.165, 1.54) is 57.8 Å². The van der Waals surface area contributed by atoms with Crippen molar-refractivity contribution in [1.29, 1.82) is 0 Å². The minimum Gasteiger partial charge on any atom is -0.313 e. The van der Waals surface area contributed by atoms with E-state index >= 15 is 0 Å². The van der Waals surface area contributed by atoms with Crippen LogP contribution in [0, 0.1) is 5.82 Å². The minimum absolute atomic E-state index is 0.105. The normalized spacial score (nSPS) is 16.1. The molecular formula is C19H30FN. The van der Waals surface area contributed by atoms with Gasteiger partial charge in [-0.2, -0.15) is 0 Å². The quantitative estimate of drug-likeness (QED) is 0.537. The van der Waals surface area contributed by atoms with E-state index in [1.807, 2.05) is 6.07 Å². The number of hydrogen-bond acceptors (Lipinski definition) is 1. The van der Waals surface area contributed by atoms with Gasteiger partial charge in [-0.1, -0.05) is 57.6 Å². The Morgan fingerprint density at radius 3 is 2.62 bits per heavy atom. The van der Waals surface area contributed by atoms with Crippen molar-refractivity contribution in [1.82, 2.24) is 5.32 Å². The summed E-state index contributed by atoms with van der Waals surface area (Å²) in [4.78, 5) is 0. The second-order valence-corrected chi connectivity index (χ2v) is 6.49. The molecule has 0 aliphatic heterocycles. The molecule has 1 atom stereocenters. The van der Waals surface area contributed by atoms with Crippen LogP contribution in [0.15, 0.2) is 24.3 Å². The molecule has 1 saturated carbocycles. The van der Waals surface area contributed by atoms with Crippen LogP contribution < -0.4 is 5.32 Å². The zero-order chi connectivity index (χ0) is 14.9. The van der Waals surface area contributed by atoms with E-state index in [0.717, 1.165) is 18.2 Å². The number of halogens is 1. The topological polar surface area (TPSA) is 12.0 Å². The van der Waals surface area contributed by atoms with Crippen molar-refractivity contribution in [2.45, 2.75) is 76.7 Å². The Balaban J connectivity index is 1.77. The first-order valence-electron chi connectivity index (χ1n) is 8.78. The molecule has 2 heteroatoms. The highest BCUT2D eigenvalue weighted by Gasteiger charge is 2.22. The van der Waals surface area contributed by atoms with E-state index in [-0.39, 0.29) is 5.82 Å². The van der Waals surface area contributed by atoms with Crippen molar-refractivity contribution in [3.8, 4) is 0 Å². The molecule has 0 radical (unpaired) electrons. The zero-order valence-electron chi connectivity index (χ0n) is 13.4. The standard InChI is InChI=1S/C19H30FN/c1-2-3-4-5-6-7-9-17(15-21-19-12-13-19)16-10-8-11-18(20)14-16/h8,10-11,14,17,19,21H,2-7,9,12-13,15H2,1H3. The first-order valence-corrected chi connectivity index (χ1v) is 8.78. The molecule has 0 heterocycles. The maximum Gasteiger partial charge on any atom is 0.123 e. The average molecular weight is 291 g/mol. The van der Waals surface area contributed by atoms with Gasteiger partial charge in [0, 0.05) is 12.6 Å². The first-order chi connectivity index (χ1) is 10.3. The molecule has 21 heavy (non-hydrogen) atoms. The number of nitrogens with one attached hydrogen (secondary N) is 1. The number of rotatable bonds is 11. The maximum absolute atomic E-state index is 13.4. The summed E-state index contributed by atoms with van der Waals surface area (Å²) in [7, 11) is 0. The van der Waals surface area contributed by atoms with Gasteiger partial charge in [0.15, 0.2) is 0 Å². The molecule has 118 valence electrons. The van der Waals surface area contributed by atoms with Crippen molar-refractivity contribution >= 4 is 0 Å². The van der Waals surface area contributed by atoms with Crippen molar-refractivity contribution in [2.24, 2.45) is 0 Å². The summed E-state index contributed by atoms with van der Waals surface area (Å²) in [5, 5.41) is 3.61. The third kappa shape index (κ3) is 6.60. The van der Waals surface area contributed by atoms with Crippen LogP contribution >= 0.6 is 0 Å². The van der Waals surface area contributed by atoms with Crippen LogP contribution in [0.25, 0.3) is 0 Å². The second kappa shape index (κ2) is 9.19. The van der Waals surface area contributed by atoms with Crippen LogP contribution in [0.5, 0.6) is 0 Å². The Morgan fingerprint density at radius 1 is 1.14 bits per heavy atom. The molecule has 1 aliphatic carbocycles. The van der Waals surface area contributed by atoms with Gasteiger partial charge in [-0.3, -0.25) is 0 Å². The fourth-order valence-corrected chi connectivity index (χ4v) is 2.91. The summed E-state index contributed by atoms with van der Waals surface area (Å²) < 4.78 is 13.4. The fourth-order valence-electron chi connectivity index (χ4n) is 2.91. The Labute approximate surface area is 129 Å². The Hall–Kier alpha value is -0.890. The van der Waals surface area contributed by atoms with Crippen LogP contribution in [0.1, 0.15) is 76.2 Å². The van der Waals surface area contributed by atoms with Gasteiger partial charge < -0.3 is 5.32 Å². The molecule has 1 N–H and O–H groups in total. The molecule has 1 aromatic carbocycles. The Bertz CT molecular complexity index is 400. The molecule has 0 bridgehead atoms. The highest BCUT2D eigenvalue weighted by atomic mass is 19.1. The lowest BCUT2D eigenvalue weighted by molar-refractivity contribution is 0.503. The summed E-state index contributed by atoms with van der Waals surface area (Å²) >= 11 is 0. The average Bonchev–Trinajstić information content (AvgIpc) is 3.30. The van der Waals surface area contributed by atoms with Crippen LogP contribution in [0.3, 0.4) is 0 Å². The largest absolute Gasteiger partial charge is 0.313 e. The second-order valence-electron chi connectivity index (χ2n) is 6.49. The molecule has 1 fully saturated rings. The maximum atomic E-state index is 13.4. The van der Waals surface area contributed by atoms with Crippen molar-refractivity contribution in [2.75, 3.05) is 6.54 Å². The summed E-state index contributed by atoms with van der Waals surface area (Å²) in [6.45, 7) is 3.26. The summed E-state index contributed by atoms with van der Waals surface area (Å²) in [6.07, 6.45) is 11.7. The van der Waals surface area contributed by atoms with Crippen molar-refractivity contribution in [3.63, 3.8) is 0 Å². The summed E-state index contributed by atoms with van der Waals surface area (Å²) in [6, 6.07) is 7.91. The monoisotopic (exact) mass is 291 g/mol. The van der Waals surface area contributed by atoms with Gasteiger partial charge in [0.1, 0.15) is 5.82 Å². The lowest BCUT2D eigenvalue weighted by Gasteiger charge is -2.18. The molecule has 1 unspecified atom stereocenters. The zero-order valence-corrected chi connectivity index (χ0v) is 13.4. The van der Waals surface area contributed by atoms with E-state index in [0.29, 0.717) is 5.92 Å². The number of hydrogen-bond donors (Lipinski definition) is 1. The van der Waals surface area contributed by atoms with E-state index in [4.69, 9.17) is 0 Å². The molecule has 1 aromatic rings. The van der Waals surface area contributed by atoms with E-state index in [9.17, 15) is 4.39 Å². The lowest BCUT2D eigenvalue weighted by atomic mass is 9.92. The molecular weight excluding hydrogens is 261 g/mol. The van der Waals surface area contributed by atoms with E-state index in [1.54, 1.807) is 12.1 Å². The minimum atomic E-state index is -0.105. The van der Waals surface area contributed by atoms with Gasteiger partial charge in [0.05, 0.1) is 0 Å². The Kier molecular flexibility index (Phi) is 7.21. The lowest BCUT2D eigenvalue weighted by Crippen LogP contribution is -2.23. The van der Waals surface area contributed by atoms with Crippen molar-refractivity contribution in [3.05, 3.63) is 35.6 Å². The van der Waals surface area contributed by atoms with Gasteiger partial charge in [-0.15, -0.1) is 0 Å². The molecule has 1 aliphatic rings. The molecule has 0 aromatic heterocycles. The fraction of sp³-hybridized carbons (Fsp3) is 0.684. The van der Waals surface area contributed by atoms with Gasteiger partial charge in [-0.25, -0.2) is 4.39 Å². The van der Waals surface area contributed by atoms with Gasteiger partial charge >= 0.3 is 0 Å². The van der Waals surface area contributed by atoms with Gasteiger partial charge in [0.25, 0.3) is 0 Å². The van der Waals surface area contributed by atoms with Crippen LogP contribution in [-0.4, -0.2) is 12.6 Å². The Morgan fingerprint density at radius 2 is 1.90 bits per heavy atom. The highest BCUT2D eigenvalue weighted by Crippen LogP contribution is 2.25. The third-order valence-electron chi connectivity index (χ3n) is 4.46. The smallest absolute Gasteiger partial charge is 0.123 e. The van der Waals surface area contributed by atoms with Crippen molar-refractivity contribution < 1.29 is 4.39 Å². The SMILES string of the molecule is CCCCCCCCC(CNC1CC1)c1cccc(F)c1. The van der Waals surface area contributed by atoms with Gasteiger partial charge in [0.2, 0.25) is 0 Å². The molecule has 0 amide bonds. The van der Waals surface area contributed by atoms with Crippen LogP contribution in [0.2, 0.25) is 0 Å². The summed E-state index contributed by atoms with van der Waals surface area (Å²) in [5.41, 5.74) is 1.16. The van der Waals surface area contributed by atoms with E-state index < -0.39 is 0 Å². The summed E-state index contributed by atoms with van der Waals surface area (Å²) in [5.74, 6) is 0.361. The number of benzene rings is 1. The van der Waals surface area contributed by atoms with Gasteiger partial charge in [-0.05, 0) is 42.9 Å². The highest BCUT2D eigenvalue weighted by molar-refractivity contribution is 5.21. The van der Waals surface area contributed by atoms with Crippen LogP contribution in [-0.2, 0) is 0 Å². The number of unbranched alkanes of at least 4 members (excludes halogenated alkanes) is 5. The molecule has 0 spiro atoms.